The molecule has 0 aliphatic heterocycles. The quantitative estimate of drug-likeness (QED) is 0.481. The van der Waals surface area contributed by atoms with Crippen LogP contribution in [0.15, 0.2) is 0 Å². The second-order valence-electron chi connectivity index (χ2n) is 6.90. The van der Waals surface area contributed by atoms with E-state index < -0.39 is 22.0 Å². The summed E-state index contributed by atoms with van der Waals surface area (Å²) in [7, 11) is 0.263. The van der Waals surface area contributed by atoms with Crippen molar-refractivity contribution >= 4 is 16.6 Å². The summed E-state index contributed by atoms with van der Waals surface area (Å²) < 4.78 is 19.0. The minimum atomic E-state index is -2.21. The van der Waals surface area contributed by atoms with Crippen LogP contribution in [0.25, 0.3) is 0 Å². The summed E-state index contributed by atoms with van der Waals surface area (Å²) in [6.07, 6.45) is 0. The highest BCUT2D eigenvalue weighted by Gasteiger charge is 2.56. The maximum atomic E-state index is 6.57. The van der Waals surface area contributed by atoms with Gasteiger partial charge in [0, 0.05) is 13.2 Å². The van der Waals surface area contributed by atoms with Crippen molar-refractivity contribution in [2.75, 3.05) is 27.3 Å². The van der Waals surface area contributed by atoms with Crippen molar-refractivity contribution in [3.63, 3.8) is 0 Å². The molecule has 0 N–H and O–H groups in total. The van der Waals surface area contributed by atoms with Crippen LogP contribution in [0, 0.1) is 0 Å². The van der Waals surface area contributed by atoms with Gasteiger partial charge in [0.1, 0.15) is 0 Å². The van der Waals surface area contributed by atoms with Gasteiger partial charge in [-0.25, -0.2) is 0 Å². The van der Waals surface area contributed by atoms with E-state index in [-0.39, 0.29) is 6.04 Å². The largest absolute Gasteiger partial charge is 0.452 e. The van der Waals surface area contributed by atoms with Gasteiger partial charge in [0.25, 0.3) is 0 Å². The lowest BCUT2D eigenvalue weighted by atomic mass is 10.3. The predicted octanol–water partition coefficient (Wildman–Crippen LogP) is 3.30. The Balaban J connectivity index is 5.68. The van der Waals surface area contributed by atoms with Crippen LogP contribution in [0.5, 0.6) is 0 Å². The lowest BCUT2D eigenvalue weighted by molar-refractivity contribution is -0.215. The van der Waals surface area contributed by atoms with Gasteiger partial charge in [-0.3, -0.25) is 0 Å². The zero-order valence-corrected chi connectivity index (χ0v) is 17.2. The molecule has 4 nitrogen and oxygen atoms in total. The van der Waals surface area contributed by atoms with Gasteiger partial charge in [-0.1, -0.05) is 0 Å². The van der Waals surface area contributed by atoms with Gasteiger partial charge in [-0.15, -0.1) is 0 Å². The lowest BCUT2D eigenvalue weighted by Crippen LogP contribution is -2.70. The van der Waals surface area contributed by atoms with Crippen LogP contribution in [-0.2, 0) is 13.6 Å². The molecule has 0 saturated heterocycles. The average Bonchev–Trinajstić information content (AvgIpc) is 2.23. The van der Waals surface area contributed by atoms with Gasteiger partial charge >= 0.3 is 0 Å². The third-order valence-corrected chi connectivity index (χ3v) is 10.3. The normalized spacial score (nSPS) is 15.8. The number of hydrogen-bond acceptors (Lipinski definition) is 4. The molecule has 0 aromatic heterocycles. The standard InChI is InChI=1S/C14H35NO3Si2/c1-11-16-14(17-12-2,13(3)15(4)5)20(9,10)18-19(6,7)8/h13H,11-12H2,1-10H3. The van der Waals surface area contributed by atoms with E-state index in [1.165, 1.54) is 0 Å². The summed E-state index contributed by atoms with van der Waals surface area (Å²) in [5.41, 5.74) is -0.639. The summed E-state index contributed by atoms with van der Waals surface area (Å²) in [5.74, 6) is 0. The van der Waals surface area contributed by atoms with Crippen molar-refractivity contribution in [2.24, 2.45) is 0 Å². The third kappa shape index (κ3) is 4.92. The second kappa shape index (κ2) is 7.51. The minimum absolute atomic E-state index is 0.139. The summed E-state index contributed by atoms with van der Waals surface area (Å²) in [5, 5.41) is 0. The fourth-order valence-corrected chi connectivity index (χ4v) is 11.7. The highest BCUT2D eigenvalue weighted by atomic mass is 28.4. The fraction of sp³-hybridized carbons (Fsp3) is 1.00. The molecule has 0 radical (unpaired) electrons. The van der Waals surface area contributed by atoms with Gasteiger partial charge in [-0.2, -0.15) is 0 Å². The first kappa shape index (κ1) is 20.3. The highest BCUT2D eigenvalue weighted by molar-refractivity contribution is 6.85. The Labute approximate surface area is 128 Å². The molecule has 6 heteroatoms. The van der Waals surface area contributed by atoms with Crippen molar-refractivity contribution in [1.29, 1.82) is 0 Å². The van der Waals surface area contributed by atoms with Crippen molar-refractivity contribution in [3.8, 4) is 0 Å². The molecule has 0 saturated carbocycles. The van der Waals surface area contributed by atoms with E-state index >= 15 is 0 Å². The van der Waals surface area contributed by atoms with Crippen LogP contribution in [0.1, 0.15) is 20.8 Å². The van der Waals surface area contributed by atoms with Crippen molar-refractivity contribution in [2.45, 2.75) is 65.0 Å². The van der Waals surface area contributed by atoms with Gasteiger partial charge in [0.15, 0.2) is 13.7 Å². The van der Waals surface area contributed by atoms with E-state index in [2.05, 4.69) is 58.7 Å². The maximum Gasteiger partial charge on any atom is 0.242 e. The first-order valence-electron chi connectivity index (χ1n) is 7.58. The summed E-state index contributed by atoms with van der Waals surface area (Å²) in [6, 6.07) is 0.139. The molecule has 0 aliphatic carbocycles. The molecule has 0 heterocycles. The monoisotopic (exact) mass is 321 g/mol. The van der Waals surface area contributed by atoms with E-state index in [0.717, 1.165) is 0 Å². The van der Waals surface area contributed by atoms with Gasteiger partial charge in [0.05, 0.1) is 6.04 Å². The molecule has 1 atom stereocenters. The van der Waals surface area contributed by atoms with Crippen molar-refractivity contribution in [3.05, 3.63) is 0 Å². The van der Waals surface area contributed by atoms with Gasteiger partial charge in [0.2, 0.25) is 8.32 Å². The smallest absolute Gasteiger partial charge is 0.242 e. The number of nitrogens with zero attached hydrogens (tertiary/aromatic N) is 1. The molecule has 20 heavy (non-hydrogen) atoms. The zero-order valence-electron chi connectivity index (χ0n) is 15.2. The molecule has 0 aromatic rings. The topological polar surface area (TPSA) is 30.9 Å². The van der Waals surface area contributed by atoms with E-state index in [1.54, 1.807) is 0 Å². The number of rotatable bonds is 9. The molecule has 0 amide bonds. The van der Waals surface area contributed by atoms with Crippen LogP contribution in [0.4, 0.5) is 0 Å². The lowest BCUT2D eigenvalue weighted by Gasteiger charge is -2.51. The fourth-order valence-electron chi connectivity index (χ4n) is 2.74. The number of ether oxygens (including phenoxy) is 2. The highest BCUT2D eigenvalue weighted by Crippen LogP contribution is 2.35. The van der Waals surface area contributed by atoms with Gasteiger partial charge in [-0.05, 0) is 67.6 Å². The molecule has 0 aromatic carbocycles. The first-order valence-corrected chi connectivity index (χ1v) is 13.9. The molecule has 122 valence electrons. The summed E-state index contributed by atoms with van der Waals surface area (Å²) in [6.45, 7) is 18.6. The molecule has 0 rings (SSSR count). The van der Waals surface area contributed by atoms with Crippen LogP contribution < -0.4 is 0 Å². The average molecular weight is 322 g/mol. The minimum Gasteiger partial charge on any atom is -0.452 e. The molecule has 0 bridgehead atoms. The Kier molecular flexibility index (Phi) is 7.61. The van der Waals surface area contributed by atoms with Gasteiger partial charge < -0.3 is 18.5 Å². The number of likely N-dealkylation sites (N-methyl/N-ethyl adjacent to an activating group) is 1. The molecular weight excluding hydrogens is 286 g/mol. The molecule has 0 aliphatic rings. The molecule has 1 unspecified atom stereocenters. The Hall–Kier alpha value is 0.274. The predicted molar refractivity (Wildman–Crippen MR) is 91.0 cm³/mol. The Morgan fingerprint density at radius 1 is 0.950 bits per heavy atom. The molecular formula is C14H35NO3Si2. The zero-order chi connectivity index (χ0) is 16.2. The molecule has 0 spiro atoms. The van der Waals surface area contributed by atoms with E-state index in [4.69, 9.17) is 13.6 Å². The van der Waals surface area contributed by atoms with Crippen molar-refractivity contribution < 1.29 is 13.6 Å². The Morgan fingerprint density at radius 2 is 1.35 bits per heavy atom. The summed E-state index contributed by atoms with van der Waals surface area (Å²) >= 11 is 0. The van der Waals surface area contributed by atoms with Crippen LogP contribution in [-0.4, -0.2) is 60.3 Å². The van der Waals surface area contributed by atoms with Crippen LogP contribution >= 0.6 is 0 Å². The van der Waals surface area contributed by atoms with Crippen LogP contribution in [0.3, 0.4) is 0 Å². The van der Waals surface area contributed by atoms with E-state index in [1.807, 2.05) is 13.8 Å². The number of hydrogen-bond donors (Lipinski definition) is 0. The Morgan fingerprint density at radius 3 is 1.60 bits per heavy atom. The SMILES string of the molecule is CCOC(OCC)(C(C)N(C)C)[Si](C)(C)O[Si](C)(C)C. The molecule has 0 fully saturated rings. The van der Waals surface area contributed by atoms with E-state index in [0.29, 0.717) is 13.2 Å². The Bertz CT molecular complexity index is 285. The van der Waals surface area contributed by atoms with E-state index in [9.17, 15) is 0 Å². The summed E-state index contributed by atoms with van der Waals surface area (Å²) in [4.78, 5) is 2.16. The third-order valence-electron chi connectivity index (χ3n) is 3.44. The van der Waals surface area contributed by atoms with Crippen molar-refractivity contribution in [1.82, 2.24) is 4.90 Å². The van der Waals surface area contributed by atoms with Crippen LogP contribution in [0.2, 0.25) is 32.7 Å². The first-order chi connectivity index (χ1) is 8.93. The maximum absolute atomic E-state index is 6.57. The second-order valence-corrected chi connectivity index (χ2v) is 15.7.